The van der Waals surface area contributed by atoms with Crippen LogP contribution in [0.3, 0.4) is 0 Å². The largest absolute Gasteiger partial charge is 0.492 e. The number of anilines is 1. The number of benzene rings is 2. The molecule has 0 saturated carbocycles. The molecule has 1 aromatic heterocycles. The summed E-state index contributed by atoms with van der Waals surface area (Å²) in [4.78, 5) is 26.9. The monoisotopic (exact) mass is 437 g/mol. The van der Waals surface area contributed by atoms with Crippen LogP contribution in [0.25, 0.3) is 17.2 Å². The van der Waals surface area contributed by atoms with Crippen molar-refractivity contribution in [2.24, 2.45) is 0 Å². The molecule has 1 heterocycles. The summed E-state index contributed by atoms with van der Waals surface area (Å²) in [5.74, 6) is -0.232. The Balaban J connectivity index is 1.46. The number of nitrogens with one attached hydrogen (secondary N) is 1. The standard InChI is InChI=1S/C23H20ClN3O4/c24-20-13-17(5-8-19(20)23(29)30)16-3-6-18(7-4-16)31-12-11-26-22(28)10-2-15-1-9-21(25)27-14-15/h1-10,13-14H,11-12H2,(H2,25,27)(H,26,28)(H,29,30)/b10-2+. The summed E-state index contributed by atoms with van der Waals surface area (Å²) in [6.07, 6.45) is 4.65. The summed E-state index contributed by atoms with van der Waals surface area (Å²) in [5, 5.41) is 12.0. The summed E-state index contributed by atoms with van der Waals surface area (Å²) in [5.41, 5.74) is 8.04. The predicted molar refractivity (Wildman–Crippen MR) is 120 cm³/mol. The fourth-order valence-electron chi connectivity index (χ4n) is 2.70. The van der Waals surface area contributed by atoms with Crippen LogP contribution in [0, 0.1) is 0 Å². The molecule has 4 N–H and O–H groups in total. The molecule has 0 radical (unpaired) electrons. The van der Waals surface area contributed by atoms with Crippen molar-refractivity contribution in [2.75, 3.05) is 18.9 Å². The molecular formula is C23H20ClN3O4. The van der Waals surface area contributed by atoms with Gasteiger partial charge in [0.1, 0.15) is 18.2 Å². The van der Waals surface area contributed by atoms with Gasteiger partial charge in [0.25, 0.3) is 0 Å². The summed E-state index contributed by atoms with van der Waals surface area (Å²) >= 11 is 6.03. The van der Waals surface area contributed by atoms with Gasteiger partial charge in [-0.1, -0.05) is 29.8 Å². The third-order valence-electron chi connectivity index (χ3n) is 4.29. The zero-order chi connectivity index (χ0) is 22.2. The van der Waals surface area contributed by atoms with Crippen LogP contribution < -0.4 is 15.8 Å². The number of aromatic nitrogens is 1. The SMILES string of the molecule is Nc1ccc(/C=C/C(=O)NCCOc2ccc(-c3ccc(C(=O)O)c(Cl)c3)cc2)cn1. The lowest BCUT2D eigenvalue weighted by Crippen LogP contribution is -2.26. The molecule has 0 fully saturated rings. The summed E-state index contributed by atoms with van der Waals surface area (Å²) in [7, 11) is 0. The molecule has 0 aliphatic rings. The predicted octanol–water partition coefficient (Wildman–Crippen LogP) is 3.89. The minimum atomic E-state index is -1.06. The molecule has 0 saturated heterocycles. The summed E-state index contributed by atoms with van der Waals surface area (Å²) in [6, 6.07) is 15.5. The van der Waals surface area contributed by atoms with Gasteiger partial charge in [-0.15, -0.1) is 0 Å². The van der Waals surface area contributed by atoms with E-state index in [-0.39, 0.29) is 16.5 Å². The highest BCUT2D eigenvalue weighted by Crippen LogP contribution is 2.27. The average Bonchev–Trinajstić information content (AvgIpc) is 2.76. The number of hydrogen-bond acceptors (Lipinski definition) is 5. The Bertz CT molecular complexity index is 1100. The first kappa shape index (κ1) is 21.9. The van der Waals surface area contributed by atoms with Crippen LogP contribution in [-0.2, 0) is 4.79 Å². The van der Waals surface area contributed by atoms with Crippen LogP contribution in [0.15, 0.2) is 66.9 Å². The minimum absolute atomic E-state index is 0.0624. The number of ether oxygens (including phenoxy) is 1. The lowest BCUT2D eigenvalue weighted by atomic mass is 10.0. The highest BCUT2D eigenvalue weighted by Gasteiger charge is 2.09. The number of carbonyl (C=O) groups is 2. The van der Waals surface area contributed by atoms with E-state index in [4.69, 9.17) is 27.2 Å². The van der Waals surface area contributed by atoms with Crippen molar-refractivity contribution in [3.8, 4) is 16.9 Å². The molecule has 7 nitrogen and oxygen atoms in total. The number of aromatic carboxylic acids is 1. The number of nitrogens with zero attached hydrogens (tertiary/aromatic N) is 1. The minimum Gasteiger partial charge on any atom is -0.492 e. The molecular weight excluding hydrogens is 418 g/mol. The van der Waals surface area contributed by atoms with Crippen molar-refractivity contribution in [3.05, 3.63) is 83.0 Å². The van der Waals surface area contributed by atoms with Crippen LogP contribution in [0.2, 0.25) is 5.02 Å². The van der Waals surface area contributed by atoms with E-state index in [1.165, 1.54) is 12.1 Å². The number of rotatable bonds is 8. The van der Waals surface area contributed by atoms with Crippen molar-refractivity contribution in [1.82, 2.24) is 10.3 Å². The van der Waals surface area contributed by atoms with Gasteiger partial charge in [0.2, 0.25) is 5.91 Å². The van der Waals surface area contributed by atoms with E-state index < -0.39 is 5.97 Å². The van der Waals surface area contributed by atoms with E-state index in [1.54, 1.807) is 48.7 Å². The van der Waals surface area contributed by atoms with E-state index in [0.717, 1.165) is 16.7 Å². The van der Waals surface area contributed by atoms with Crippen LogP contribution in [0.4, 0.5) is 5.82 Å². The van der Waals surface area contributed by atoms with Crippen molar-refractivity contribution in [3.63, 3.8) is 0 Å². The van der Waals surface area contributed by atoms with Gasteiger partial charge in [-0.25, -0.2) is 9.78 Å². The quantitative estimate of drug-likeness (QED) is 0.364. The average molecular weight is 438 g/mol. The van der Waals surface area contributed by atoms with Crippen LogP contribution in [0.1, 0.15) is 15.9 Å². The third-order valence-corrected chi connectivity index (χ3v) is 4.61. The van der Waals surface area contributed by atoms with Crippen molar-refractivity contribution in [1.29, 1.82) is 0 Å². The number of carboxylic acid groups (broad SMARTS) is 1. The van der Waals surface area contributed by atoms with Gasteiger partial charge in [-0.05, 0) is 59.2 Å². The van der Waals surface area contributed by atoms with E-state index in [0.29, 0.717) is 24.7 Å². The van der Waals surface area contributed by atoms with E-state index in [9.17, 15) is 9.59 Å². The summed E-state index contributed by atoms with van der Waals surface area (Å²) < 4.78 is 5.63. The van der Waals surface area contributed by atoms with Crippen molar-refractivity contribution >= 4 is 35.4 Å². The fourth-order valence-corrected chi connectivity index (χ4v) is 2.96. The smallest absolute Gasteiger partial charge is 0.337 e. The summed E-state index contributed by atoms with van der Waals surface area (Å²) in [6.45, 7) is 0.651. The number of pyridine rings is 1. The second kappa shape index (κ2) is 10.3. The second-order valence-corrected chi connectivity index (χ2v) is 6.92. The molecule has 3 aromatic rings. The van der Waals surface area contributed by atoms with Gasteiger partial charge in [0.05, 0.1) is 17.1 Å². The number of nitrogen functional groups attached to an aromatic ring is 1. The zero-order valence-corrected chi connectivity index (χ0v) is 17.2. The van der Waals surface area contributed by atoms with Gasteiger partial charge in [-0.3, -0.25) is 4.79 Å². The van der Waals surface area contributed by atoms with E-state index >= 15 is 0 Å². The van der Waals surface area contributed by atoms with Crippen molar-refractivity contribution < 1.29 is 19.4 Å². The van der Waals surface area contributed by atoms with Gasteiger partial charge < -0.3 is 20.9 Å². The zero-order valence-electron chi connectivity index (χ0n) is 16.4. The molecule has 2 aromatic carbocycles. The molecule has 0 spiro atoms. The van der Waals surface area contributed by atoms with Gasteiger partial charge in [0.15, 0.2) is 0 Å². The Labute approximate surface area is 184 Å². The van der Waals surface area contributed by atoms with Crippen molar-refractivity contribution in [2.45, 2.75) is 0 Å². The first-order chi connectivity index (χ1) is 14.9. The molecule has 0 aliphatic carbocycles. The highest BCUT2D eigenvalue weighted by molar-refractivity contribution is 6.33. The number of halogens is 1. The third kappa shape index (κ3) is 6.32. The maximum absolute atomic E-state index is 11.8. The molecule has 3 rings (SSSR count). The maximum atomic E-state index is 11.8. The molecule has 0 unspecified atom stereocenters. The molecule has 1 amide bonds. The number of amides is 1. The first-order valence-electron chi connectivity index (χ1n) is 9.36. The first-order valence-corrected chi connectivity index (χ1v) is 9.74. The number of nitrogens with two attached hydrogens (primary N) is 1. The van der Waals surface area contributed by atoms with E-state index in [1.807, 2.05) is 12.1 Å². The number of carbonyl (C=O) groups excluding carboxylic acids is 1. The number of hydrogen-bond donors (Lipinski definition) is 3. The van der Waals surface area contributed by atoms with Crippen LogP contribution in [0.5, 0.6) is 5.75 Å². The molecule has 0 atom stereocenters. The fraction of sp³-hybridized carbons (Fsp3) is 0.0870. The lowest BCUT2D eigenvalue weighted by Gasteiger charge is -2.09. The Hall–Kier alpha value is -3.84. The van der Waals surface area contributed by atoms with Gasteiger partial charge >= 0.3 is 5.97 Å². The second-order valence-electron chi connectivity index (χ2n) is 6.51. The maximum Gasteiger partial charge on any atom is 0.337 e. The van der Waals surface area contributed by atoms with Gasteiger partial charge in [0, 0.05) is 12.3 Å². The van der Waals surface area contributed by atoms with Gasteiger partial charge in [-0.2, -0.15) is 0 Å². The Morgan fingerprint density at radius 1 is 1.10 bits per heavy atom. The van der Waals surface area contributed by atoms with E-state index in [2.05, 4.69) is 10.3 Å². The normalized spacial score (nSPS) is 10.7. The molecule has 0 bridgehead atoms. The highest BCUT2D eigenvalue weighted by atomic mass is 35.5. The lowest BCUT2D eigenvalue weighted by molar-refractivity contribution is -0.116. The van der Waals surface area contributed by atoms with Crippen LogP contribution >= 0.6 is 11.6 Å². The Morgan fingerprint density at radius 2 is 1.84 bits per heavy atom. The Morgan fingerprint density at radius 3 is 2.48 bits per heavy atom. The molecule has 158 valence electrons. The molecule has 31 heavy (non-hydrogen) atoms. The molecule has 0 aliphatic heterocycles. The topological polar surface area (TPSA) is 115 Å². The number of carboxylic acids is 1. The molecule has 8 heteroatoms. The van der Waals surface area contributed by atoms with Crippen LogP contribution in [-0.4, -0.2) is 35.1 Å². The Kier molecular flexibility index (Phi) is 7.24.